The minimum atomic E-state index is -0.251. The Hall–Kier alpha value is -0.770. The molecular weight excluding hydrogens is 144 g/mol. The van der Waals surface area contributed by atoms with Crippen molar-refractivity contribution in [3.05, 3.63) is 0 Å². The van der Waals surface area contributed by atoms with Crippen LogP contribution in [0.3, 0.4) is 0 Å². The van der Waals surface area contributed by atoms with Gasteiger partial charge in [0, 0.05) is 13.1 Å². The van der Waals surface area contributed by atoms with Crippen LogP contribution in [0.1, 0.15) is 19.8 Å². The van der Waals surface area contributed by atoms with Gasteiger partial charge >= 0.3 is 6.03 Å². The summed E-state index contributed by atoms with van der Waals surface area (Å²) in [5.41, 5.74) is 0. The molecule has 0 saturated carbocycles. The summed E-state index contributed by atoms with van der Waals surface area (Å²) in [5, 5.41) is 9.68. The molecule has 0 aliphatic carbocycles. The highest BCUT2D eigenvalue weighted by Gasteiger charge is 2.25. The first-order valence-electron chi connectivity index (χ1n) is 4.01. The minimum Gasteiger partial charge on any atom is -0.321 e. The zero-order chi connectivity index (χ0) is 8.27. The molecule has 1 N–H and O–H groups in total. The Bertz CT molecular complexity index is 149. The zero-order valence-electron chi connectivity index (χ0n) is 6.79. The zero-order valence-corrected chi connectivity index (χ0v) is 6.79. The quantitative estimate of drug-likeness (QED) is 0.620. The van der Waals surface area contributed by atoms with Crippen molar-refractivity contribution in [2.75, 3.05) is 19.6 Å². The Kier molecular flexibility index (Phi) is 2.70. The first kappa shape index (κ1) is 8.33. The average Bonchev–Trinajstić information content (AvgIpc) is 2.31. The normalized spacial score (nSPS) is 18.2. The number of urea groups is 1. The van der Waals surface area contributed by atoms with Gasteiger partial charge in [0.1, 0.15) is 0 Å². The van der Waals surface area contributed by atoms with Crippen LogP contribution in [0, 0.1) is 0 Å². The van der Waals surface area contributed by atoms with Crippen LogP contribution < -0.4 is 0 Å². The number of nitrogens with zero attached hydrogens (tertiary/aromatic N) is 2. The van der Waals surface area contributed by atoms with Crippen molar-refractivity contribution in [2.45, 2.75) is 19.8 Å². The Morgan fingerprint density at radius 3 is 2.73 bits per heavy atom. The molecule has 1 heterocycles. The molecule has 64 valence electrons. The molecule has 1 aliphatic heterocycles. The highest BCUT2D eigenvalue weighted by atomic mass is 16.5. The number of hydrogen-bond donors (Lipinski definition) is 1. The molecule has 0 aromatic heterocycles. The van der Waals surface area contributed by atoms with Gasteiger partial charge in [0.15, 0.2) is 0 Å². The number of rotatable bonds is 3. The van der Waals surface area contributed by atoms with Gasteiger partial charge in [-0.15, -0.1) is 0 Å². The van der Waals surface area contributed by atoms with Crippen LogP contribution in [0.2, 0.25) is 0 Å². The van der Waals surface area contributed by atoms with Crippen molar-refractivity contribution in [1.82, 2.24) is 9.96 Å². The van der Waals surface area contributed by atoms with Gasteiger partial charge in [-0.1, -0.05) is 13.3 Å². The third-order valence-corrected chi connectivity index (χ3v) is 1.85. The summed E-state index contributed by atoms with van der Waals surface area (Å²) in [7, 11) is 0. The Morgan fingerprint density at radius 2 is 2.27 bits per heavy atom. The molecule has 2 amide bonds. The Morgan fingerprint density at radius 1 is 1.55 bits per heavy atom. The van der Waals surface area contributed by atoms with Gasteiger partial charge < -0.3 is 4.90 Å². The summed E-state index contributed by atoms with van der Waals surface area (Å²) >= 11 is 0. The lowest BCUT2D eigenvalue weighted by atomic mass is 10.3. The van der Waals surface area contributed by atoms with E-state index in [1.54, 1.807) is 4.90 Å². The molecular formula is C7H14N2O2. The van der Waals surface area contributed by atoms with Crippen LogP contribution in [0.15, 0.2) is 0 Å². The van der Waals surface area contributed by atoms with Gasteiger partial charge in [0.25, 0.3) is 0 Å². The predicted molar refractivity (Wildman–Crippen MR) is 40.4 cm³/mol. The summed E-state index contributed by atoms with van der Waals surface area (Å²) in [6.45, 7) is 3.96. The third kappa shape index (κ3) is 1.83. The van der Waals surface area contributed by atoms with E-state index in [2.05, 4.69) is 6.92 Å². The third-order valence-electron chi connectivity index (χ3n) is 1.85. The van der Waals surface area contributed by atoms with Crippen molar-refractivity contribution in [3.8, 4) is 0 Å². The van der Waals surface area contributed by atoms with E-state index in [1.807, 2.05) is 0 Å². The lowest BCUT2D eigenvalue weighted by Crippen LogP contribution is -2.30. The van der Waals surface area contributed by atoms with Gasteiger partial charge in [-0.3, -0.25) is 5.21 Å². The summed E-state index contributed by atoms with van der Waals surface area (Å²) in [5.74, 6) is 0. The van der Waals surface area contributed by atoms with Crippen LogP contribution in [0.5, 0.6) is 0 Å². The smallest absolute Gasteiger partial charge is 0.321 e. The molecule has 1 rings (SSSR count). The largest absolute Gasteiger partial charge is 0.343 e. The standard InChI is InChI=1S/C7H14N2O2/c1-2-3-4-8-5-6-9(11)7(8)10/h11H,2-6H2,1H3. The van der Waals surface area contributed by atoms with Gasteiger partial charge in [-0.25, -0.2) is 9.86 Å². The van der Waals surface area contributed by atoms with E-state index < -0.39 is 0 Å². The fourth-order valence-electron chi connectivity index (χ4n) is 1.13. The fraction of sp³-hybridized carbons (Fsp3) is 0.857. The lowest BCUT2D eigenvalue weighted by Gasteiger charge is -2.13. The Balaban J connectivity index is 2.30. The second-order valence-electron chi connectivity index (χ2n) is 2.75. The highest BCUT2D eigenvalue weighted by Crippen LogP contribution is 2.06. The lowest BCUT2D eigenvalue weighted by molar-refractivity contribution is -0.0266. The monoisotopic (exact) mass is 158 g/mol. The molecule has 0 atom stereocenters. The van der Waals surface area contributed by atoms with Crippen LogP contribution in [-0.2, 0) is 0 Å². The second-order valence-corrected chi connectivity index (χ2v) is 2.75. The van der Waals surface area contributed by atoms with E-state index >= 15 is 0 Å². The molecule has 0 spiro atoms. The molecule has 0 bridgehead atoms. The van der Waals surface area contributed by atoms with Gasteiger partial charge in [0.05, 0.1) is 6.54 Å². The highest BCUT2D eigenvalue weighted by molar-refractivity contribution is 5.75. The maximum atomic E-state index is 11.0. The van der Waals surface area contributed by atoms with E-state index in [-0.39, 0.29) is 6.03 Å². The molecule has 0 radical (unpaired) electrons. The van der Waals surface area contributed by atoms with Crippen molar-refractivity contribution in [3.63, 3.8) is 0 Å². The van der Waals surface area contributed by atoms with Crippen LogP contribution in [0.4, 0.5) is 4.79 Å². The number of carbonyl (C=O) groups excluding carboxylic acids is 1. The van der Waals surface area contributed by atoms with Crippen LogP contribution >= 0.6 is 0 Å². The molecule has 0 aromatic rings. The number of carbonyl (C=O) groups is 1. The molecule has 1 aliphatic rings. The van der Waals surface area contributed by atoms with Crippen molar-refractivity contribution < 1.29 is 10.0 Å². The average molecular weight is 158 g/mol. The van der Waals surface area contributed by atoms with Crippen LogP contribution in [-0.4, -0.2) is 40.8 Å². The van der Waals surface area contributed by atoms with Gasteiger partial charge in [0.2, 0.25) is 0 Å². The Labute approximate surface area is 66.4 Å². The molecule has 1 fully saturated rings. The summed E-state index contributed by atoms with van der Waals surface area (Å²) in [6.07, 6.45) is 2.09. The van der Waals surface area contributed by atoms with Crippen molar-refractivity contribution >= 4 is 6.03 Å². The van der Waals surface area contributed by atoms with E-state index in [1.165, 1.54) is 0 Å². The number of unbranched alkanes of at least 4 members (excludes halogenated alkanes) is 1. The van der Waals surface area contributed by atoms with Gasteiger partial charge in [-0.05, 0) is 6.42 Å². The molecule has 4 heteroatoms. The van der Waals surface area contributed by atoms with Crippen molar-refractivity contribution in [2.24, 2.45) is 0 Å². The summed E-state index contributed by atoms with van der Waals surface area (Å²) < 4.78 is 0. The fourth-order valence-corrected chi connectivity index (χ4v) is 1.13. The molecule has 0 unspecified atom stereocenters. The van der Waals surface area contributed by atoms with Crippen molar-refractivity contribution in [1.29, 1.82) is 0 Å². The maximum absolute atomic E-state index is 11.0. The predicted octanol–water partition coefficient (Wildman–Crippen LogP) is 0.913. The van der Waals surface area contributed by atoms with Crippen LogP contribution in [0.25, 0.3) is 0 Å². The topological polar surface area (TPSA) is 43.8 Å². The van der Waals surface area contributed by atoms with E-state index in [0.717, 1.165) is 24.4 Å². The number of hydroxylamine groups is 2. The second kappa shape index (κ2) is 3.57. The minimum absolute atomic E-state index is 0.251. The SMILES string of the molecule is CCCCN1CCN(O)C1=O. The van der Waals surface area contributed by atoms with E-state index in [4.69, 9.17) is 5.21 Å². The first-order valence-corrected chi connectivity index (χ1v) is 4.01. The number of hydrogen-bond acceptors (Lipinski definition) is 2. The first-order chi connectivity index (χ1) is 5.25. The summed E-state index contributed by atoms with van der Waals surface area (Å²) in [6, 6.07) is -0.251. The van der Waals surface area contributed by atoms with E-state index in [0.29, 0.717) is 13.1 Å². The van der Waals surface area contributed by atoms with Gasteiger partial charge in [-0.2, -0.15) is 0 Å². The number of amides is 2. The van der Waals surface area contributed by atoms with E-state index in [9.17, 15) is 4.79 Å². The molecule has 11 heavy (non-hydrogen) atoms. The molecule has 4 nitrogen and oxygen atoms in total. The maximum Gasteiger partial charge on any atom is 0.343 e. The molecule has 1 saturated heterocycles. The molecule has 0 aromatic carbocycles. The summed E-state index contributed by atoms with van der Waals surface area (Å²) in [4.78, 5) is 12.7.